The molecule has 8 heteroatoms. The third-order valence-electron chi connectivity index (χ3n) is 2.93. The zero-order chi connectivity index (χ0) is 15.0. The Kier molecular flexibility index (Phi) is 3.30. The lowest BCUT2D eigenvalue weighted by Crippen LogP contribution is -2.16. The highest BCUT2D eigenvalue weighted by Crippen LogP contribution is 2.30. The van der Waals surface area contributed by atoms with E-state index in [1.807, 2.05) is 0 Å². The smallest absolute Gasteiger partial charge is 0.274 e. The van der Waals surface area contributed by atoms with Crippen LogP contribution in [0.25, 0.3) is 5.52 Å². The van der Waals surface area contributed by atoms with E-state index >= 15 is 0 Å². The van der Waals surface area contributed by atoms with Crippen LogP contribution >= 0.6 is 11.3 Å². The molecule has 0 radical (unpaired) electrons. The zero-order valence-corrected chi connectivity index (χ0v) is 11.4. The Morgan fingerprint density at radius 2 is 2.05 bits per heavy atom. The van der Waals surface area contributed by atoms with Gasteiger partial charge in [-0.3, -0.25) is 4.79 Å². The summed E-state index contributed by atoms with van der Waals surface area (Å²) in [5.41, 5.74) is 6.42. The Hall–Kier alpha value is -2.48. The number of halogens is 2. The molecule has 1 amide bonds. The third kappa shape index (κ3) is 2.45. The highest BCUT2D eigenvalue weighted by Gasteiger charge is 2.18. The zero-order valence-electron chi connectivity index (χ0n) is 10.6. The largest absolute Gasteiger partial charge is 0.382 e. The van der Waals surface area contributed by atoms with Crippen molar-refractivity contribution in [2.75, 3.05) is 11.1 Å². The number of aromatic nitrogens is 2. The van der Waals surface area contributed by atoms with Crippen LogP contribution in [0.2, 0.25) is 0 Å². The van der Waals surface area contributed by atoms with Crippen molar-refractivity contribution >= 4 is 34.3 Å². The maximum Gasteiger partial charge on any atom is 0.274 e. The van der Waals surface area contributed by atoms with Crippen LogP contribution in [-0.2, 0) is 0 Å². The molecule has 0 unspecified atom stereocenters. The van der Waals surface area contributed by atoms with Gasteiger partial charge in [-0.1, -0.05) is 0 Å². The van der Waals surface area contributed by atoms with Crippen molar-refractivity contribution < 1.29 is 13.6 Å². The average Bonchev–Trinajstić information content (AvgIpc) is 3.04. The SMILES string of the molecule is Nc1ccc2ccc(C(=O)Nc3cscc3C(F)F)n2n1. The number of nitrogens with two attached hydrogens (primary N) is 1. The summed E-state index contributed by atoms with van der Waals surface area (Å²) in [6, 6.07) is 6.59. The van der Waals surface area contributed by atoms with Gasteiger partial charge in [0.2, 0.25) is 0 Å². The van der Waals surface area contributed by atoms with Crippen molar-refractivity contribution in [3.8, 4) is 0 Å². The molecule has 3 aromatic rings. The Balaban J connectivity index is 1.94. The van der Waals surface area contributed by atoms with Crippen LogP contribution in [0, 0.1) is 0 Å². The van der Waals surface area contributed by atoms with Gasteiger partial charge in [0.15, 0.2) is 0 Å². The highest BCUT2D eigenvalue weighted by atomic mass is 32.1. The second-order valence-corrected chi connectivity index (χ2v) is 5.05. The van der Waals surface area contributed by atoms with E-state index in [1.165, 1.54) is 15.3 Å². The van der Waals surface area contributed by atoms with Gasteiger partial charge in [0.1, 0.15) is 11.5 Å². The standard InChI is InChI=1S/C13H10F2N4OS/c14-12(15)8-5-21-6-9(8)17-13(20)10-3-1-7-2-4-11(16)18-19(7)10/h1-6,12H,(H2,16,18)(H,17,20). The molecular formula is C13H10F2N4OS. The van der Waals surface area contributed by atoms with Crippen LogP contribution in [0.4, 0.5) is 20.3 Å². The number of amides is 1. The lowest BCUT2D eigenvalue weighted by molar-refractivity contribution is 0.102. The average molecular weight is 308 g/mol. The van der Waals surface area contributed by atoms with Crippen LogP contribution < -0.4 is 11.1 Å². The normalized spacial score (nSPS) is 11.2. The molecule has 0 aliphatic rings. The molecule has 3 N–H and O–H groups in total. The van der Waals surface area contributed by atoms with Gasteiger partial charge in [-0.05, 0) is 24.3 Å². The molecule has 5 nitrogen and oxygen atoms in total. The van der Waals surface area contributed by atoms with Gasteiger partial charge in [0.25, 0.3) is 12.3 Å². The summed E-state index contributed by atoms with van der Waals surface area (Å²) in [6.07, 6.45) is -2.63. The Bertz CT molecular complexity index is 811. The topological polar surface area (TPSA) is 72.4 Å². The number of hydrogen-bond donors (Lipinski definition) is 2. The molecule has 0 saturated heterocycles. The van der Waals surface area contributed by atoms with E-state index in [9.17, 15) is 13.6 Å². The lowest BCUT2D eigenvalue weighted by atomic mass is 10.3. The van der Waals surface area contributed by atoms with Crippen LogP contribution in [0.5, 0.6) is 0 Å². The second kappa shape index (κ2) is 5.13. The fourth-order valence-electron chi connectivity index (χ4n) is 1.94. The highest BCUT2D eigenvalue weighted by molar-refractivity contribution is 7.08. The third-order valence-corrected chi connectivity index (χ3v) is 3.69. The number of rotatable bonds is 3. The lowest BCUT2D eigenvalue weighted by Gasteiger charge is -2.06. The summed E-state index contributed by atoms with van der Waals surface area (Å²) in [5, 5.41) is 9.29. The molecule has 0 saturated carbocycles. The molecule has 3 heterocycles. The first-order chi connectivity index (χ1) is 10.1. The molecule has 0 spiro atoms. The number of anilines is 2. The number of thiophene rings is 1. The van der Waals surface area contributed by atoms with Crippen LogP contribution in [0.3, 0.4) is 0 Å². The van der Waals surface area contributed by atoms with E-state index in [1.54, 1.807) is 24.3 Å². The molecule has 21 heavy (non-hydrogen) atoms. The number of carbonyl (C=O) groups is 1. The predicted octanol–water partition coefficient (Wildman–Crippen LogP) is 3.17. The number of carbonyl (C=O) groups excluding carboxylic acids is 1. The summed E-state index contributed by atoms with van der Waals surface area (Å²) in [4.78, 5) is 12.2. The first-order valence-corrected chi connectivity index (χ1v) is 6.90. The van der Waals surface area contributed by atoms with Gasteiger partial charge in [-0.25, -0.2) is 13.3 Å². The van der Waals surface area contributed by atoms with Crippen LogP contribution in [0.1, 0.15) is 22.5 Å². The van der Waals surface area contributed by atoms with Gasteiger partial charge in [-0.2, -0.15) is 5.10 Å². The molecule has 3 rings (SSSR count). The van der Waals surface area contributed by atoms with Crippen molar-refractivity contribution in [1.82, 2.24) is 9.61 Å². The quantitative estimate of drug-likeness (QED) is 0.780. The number of nitrogen functional groups attached to an aromatic ring is 1. The Morgan fingerprint density at radius 3 is 2.81 bits per heavy atom. The van der Waals surface area contributed by atoms with Crippen LogP contribution in [-0.4, -0.2) is 15.5 Å². The molecule has 0 aliphatic heterocycles. The van der Waals surface area contributed by atoms with E-state index in [0.717, 1.165) is 11.3 Å². The second-order valence-electron chi connectivity index (χ2n) is 4.31. The summed E-state index contributed by atoms with van der Waals surface area (Å²) < 4.78 is 26.9. The first kappa shape index (κ1) is 13.5. The van der Waals surface area contributed by atoms with E-state index < -0.39 is 12.3 Å². The minimum absolute atomic E-state index is 0.110. The van der Waals surface area contributed by atoms with Crippen molar-refractivity contribution in [1.29, 1.82) is 0 Å². The van der Waals surface area contributed by atoms with E-state index in [0.29, 0.717) is 5.52 Å². The summed E-state index contributed by atoms with van der Waals surface area (Å²) in [6.45, 7) is 0. The molecule has 0 aliphatic carbocycles. The minimum Gasteiger partial charge on any atom is -0.382 e. The number of nitrogens with one attached hydrogen (secondary N) is 1. The summed E-state index contributed by atoms with van der Waals surface area (Å²) in [7, 11) is 0. The Labute approximate surface area is 122 Å². The summed E-state index contributed by atoms with van der Waals surface area (Å²) >= 11 is 1.10. The predicted molar refractivity (Wildman–Crippen MR) is 76.8 cm³/mol. The fraction of sp³-hybridized carbons (Fsp3) is 0.0769. The number of hydrogen-bond acceptors (Lipinski definition) is 4. The Morgan fingerprint density at radius 1 is 1.29 bits per heavy atom. The molecule has 0 aromatic carbocycles. The van der Waals surface area contributed by atoms with Crippen molar-refractivity contribution in [2.45, 2.75) is 6.43 Å². The van der Waals surface area contributed by atoms with Gasteiger partial charge < -0.3 is 11.1 Å². The van der Waals surface area contributed by atoms with Crippen molar-refractivity contribution in [3.63, 3.8) is 0 Å². The van der Waals surface area contributed by atoms with Gasteiger partial charge in [0.05, 0.1) is 16.8 Å². The first-order valence-electron chi connectivity index (χ1n) is 5.96. The number of alkyl halides is 2. The minimum atomic E-state index is -2.63. The molecule has 3 aromatic heterocycles. The van der Waals surface area contributed by atoms with Gasteiger partial charge in [-0.15, -0.1) is 11.3 Å². The van der Waals surface area contributed by atoms with Crippen molar-refractivity contribution in [2.24, 2.45) is 0 Å². The van der Waals surface area contributed by atoms with E-state index in [4.69, 9.17) is 5.73 Å². The maximum absolute atomic E-state index is 12.8. The number of nitrogens with zero attached hydrogens (tertiary/aromatic N) is 2. The molecule has 108 valence electrons. The number of fused-ring (bicyclic) bond motifs is 1. The van der Waals surface area contributed by atoms with Gasteiger partial charge in [0, 0.05) is 10.8 Å². The molecule has 0 atom stereocenters. The van der Waals surface area contributed by atoms with Crippen LogP contribution in [0.15, 0.2) is 35.0 Å². The fourth-order valence-corrected chi connectivity index (χ4v) is 2.71. The molecule has 0 bridgehead atoms. The maximum atomic E-state index is 12.8. The summed E-state index contributed by atoms with van der Waals surface area (Å²) in [5.74, 6) is -0.259. The van der Waals surface area contributed by atoms with Crippen molar-refractivity contribution in [3.05, 3.63) is 46.3 Å². The molecule has 0 fully saturated rings. The van der Waals surface area contributed by atoms with E-state index in [-0.39, 0.29) is 22.8 Å². The molecular weight excluding hydrogens is 298 g/mol. The van der Waals surface area contributed by atoms with E-state index in [2.05, 4.69) is 10.4 Å². The van der Waals surface area contributed by atoms with Gasteiger partial charge >= 0.3 is 0 Å². The monoisotopic (exact) mass is 308 g/mol.